The van der Waals surface area contributed by atoms with Crippen molar-refractivity contribution >= 4 is 21.9 Å². The van der Waals surface area contributed by atoms with Gasteiger partial charge in [0.15, 0.2) is 0 Å². The van der Waals surface area contributed by atoms with Crippen molar-refractivity contribution in [3.63, 3.8) is 0 Å². The molecule has 7 heteroatoms. The maximum Gasteiger partial charge on any atom is 0.232 e. The van der Waals surface area contributed by atoms with E-state index in [2.05, 4.69) is 25.9 Å². The van der Waals surface area contributed by atoms with Gasteiger partial charge >= 0.3 is 0 Å². The topological polar surface area (TPSA) is 56.7 Å². The van der Waals surface area contributed by atoms with Crippen LogP contribution in [0.5, 0.6) is 11.8 Å². The van der Waals surface area contributed by atoms with Crippen molar-refractivity contribution in [2.24, 2.45) is 0 Å². The Labute approximate surface area is 115 Å². The monoisotopic (exact) mass is 319 g/mol. The molecule has 1 rings (SSSR count). The molecule has 18 heavy (non-hydrogen) atoms. The van der Waals surface area contributed by atoms with E-state index in [1.165, 1.54) is 0 Å². The molecule has 1 heterocycles. The highest BCUT2D eigenvalue weighted by atomic mass is 79.9. The van der Waals surface area contributed by atoms with E-state index in [9.17, 15) is 0 Å². The first kappa shape index (κ1) is 15.0. The summed E-state index contributed by atoms with van der Waals surface area (Å²) in [5, 5.41) is 0.819. The lowest BCUT2D eigenvalue weighted by molar-refractivity contribution is 0.205. The Balaban J connectivity index is 2.93. The van der Waals surface area contributed by atoms with Gasteiger partial charge in [0.25, 0.3) is 0 Å². The summed E-state index contributed by atoms with van der Waals surface area (Å²) in [5.41, 5.74) is 0. The second-order valence-electron chi connectivity index (χ2n) is 3.42. The molecule has 0 saturated heterocycles. The normalized spacial score (nSPS) is 10.2. The quantitative estimate of drug-likeness (QED) is 0.674. The van der Waals surface area contributed by atoms with Crippen LogP contribution in [0, 0.1) is 0 Å². The van der Waals surface area contributed by atoms with Crippen molar-refractivity contribution in [3.05, 3.63) is 6.07 Å². The number of hydrogen-bond acceptors (Lipinski definition) is 6. The Kier molecular flexibility index (Phi) is 6.74. The SMILES string of the molecule is COCCN(CCBr)c1nc(OC)cc(OC)n1. The molecule has 0 aliphatic heterocycles. The third-order valence-electron chi connectivity index (χ3n) is 2.29. The summed E-state index contributed by atoms with van der Waals surface area (Å²) in [6.07, 6.45) is 0. The average Bonchev–Trinajstić information content (AvgIpc) is 2.42. The molecule has 0 bridgehead atoms. The van der Waals surface area contributed by atoms with Crippen LogP contribution < -0.4 is 14.4 Å². The number of aromatic nitrogens is 2. The minimum Gasteiger partial charge on any atom is -0.481 e. The molecule has 0 amide bonds. The molecule has 0 radical (unpaired) electrons. The number of halogens is 1. The van der Waals surface area contributed by atoms with E-state index < -0.39 is 0 Å². The van der Waals surface area contributed by atoms with Crippen molar-refractivity contribution in [1.29, 1.82) is 0 Å². The second-order valence-corrected chi connectivity index (χ2v) is 4.21. The molecule has 0 spiro atoms. The summed E-state index contributed by atoms with van der Waals surface area (Å²) < 4.78 is 15.3. The fraction of sp³-hybridized carbons (Fsp3) is 0.636. The Morgan fingerprint density at radius 2 is 1.72 bits per heavy atom. The van der Waals surface area contributed by atoms with Gasteiger partial charge in [0.1, 0.15) is 0 Å². The first-order chi connectivity index (χ1) is 8.74. The molecule has 102 valence electrons. The molecule has 0 fully saturated rings. The molecule has 1 aromatic rings. The predicted octanol–water partition coefficient (Wildman–Crippen LogP) is 1.34. The number of hydrogen-bond donors (Lipinski definition) is 0. The zero-order valence-corrected chi connectivity index (χ0v) is 12.4. The van der Waals surface area contributed by atoms with Crippen molar-refractivity contribution in [3.8, 4) is 11.8 Å². The van der Waals surface area contributed by atoms with E-state index in [4.69, 9.17) is 14.2 Å². The van der Waals surface area contributed by atoms with Gasteiger partial charge in [-0.2, -0.15) is 9.97 Å². The van der Waals surface area contributed by atoms with Gasteiger partial charge in [-0.1, -0.05) is 15.9 Å². The van der Waals surface area contributed by atoms with Crippen LogP contribution in [0.25, 0.3) is 0 Å². The van der Waals surface area contributed by atoms with Crippen LogP contribution in [-0.2, 0) is 4.74 Å². The summed E-state index contributed by atoms with van der Waals surface area (Å²) in [7, 11) is 4.80. The lowest BCUT2D eigenvalue weighted by atomic mass is 10.5. The number of alkyl halides is 1. The van der Waals surface area contributed by atoms with Gasteiger partial charge in [-0.25, -0.2) is 0 Å². The van der Waals surface area contributed by atoms with Gasteiger partial charge in [0, 0.05) is 25.5 Å². The third kappa shape index (κ3) is 4.30. The van der Waals surface area contributed by atoms with E-state index in [-0.39, 0.29) is 0 Å². The predicted molar refractivity (Wildman–Crippen MR) is 73.0 cm³/mol. The van der Waals surface area contributed by atoms with Gasteiger partial charge in [0.2, 0.25) is 17.7 Å². The van der Waals surface area contributed by atoms with Crippen LogP contribution in [0.2, 0.25) is 0 Å². The van der Waals surface area contributed by atoms with Gasteiger partial charge in [0.05, 0.1) is 26.9 Å². The van der Waals surface area contributed by atoms with Gasteiger partial charge in [-0.3, -0.25) is 0 Å². The molecule has 0 aliphatic carbocycles. The number of nitrogens with zero attached hydrogens (tertiary/aromatic N) is 3. The molecular weight excluding hydrogens is 302 g/mol. The molecular formula is C11H18BrN3O3. The summed E-state index contributed by atoms with van der Waals surface area (Å²) in [6, 6.07) is 1.64. The van der Waals surface area contributed by atoms with Gasteiger partial charge < -0.3 is 19.1 Å². The second kappa shape index (κ2) is 8.10. The average molecular weight is 320 g/mol. The first-order valence-electron chi connectivity index (χ1n) is 5.52. The molecule has 0 aromatic carbocycles. The Morgan fingerprint density at radius 3 is 2.17 bits per heavy atom. The summed E-state index contributed by atoms with van der Waals surface area (Å²) >= 11 is 3.41. The number of methoxy groups -OCH3 is 3. The Bertz CT molecular complexity index is 343. The van der Waals surface area contributed by atoms with E-state index in [0.717, 1.165) is 11.9 Å². The molecule has 0 atom stereocenters. The smallest absolute Gasteiger partial charge is 0.232 e. The van der Waals surface area contributed by atoms with Gasteiger partial charge in [-0.15, -0.1) is 0 Å². The largest absolute Gasteiger partial charge is 0.481 e. The molecule has 0 saturated carbocycles. The molecule has 0 unspecified atom stereocenters. The standard InChI is InChI=1S/C11H18BrN3O3/c1-16-7-6-15(5-4-12)11-13-9(17-2)8-10(14-11)18-3/h8H,4-7H2,1-3H3. The maximum atomic E-state index is 5.13. The van der Waals surface area contributed by atoms with Crippen molar-refractivity contribution in [1.82, 2.24) is 9.97 Å². The summed E-state index contributed by atoms with van der Waals surface area (Å²) in [5.74, 6) is 1.53. The number of rotatable bonds is 8. The van der Waals surface area contributed by atoms with Crippen LogP contribution in [0.3, 0.4) is 0 Å². The number of ether oxygens (including phenoxy) is 3. The molecule has 0 aliphatic rings. The van der Waals surface area contributed by atoms with E-state index in [1.807, 2.05) is 4.90 Å². The van der Waals surface area contributed by atoms with Crippen molar-refractivity contribution < 1.29 is 14.2 Å². The van der Waals surface area contributed by atoms with Crippen LogP contribution in [0.1, 0.15) is 0 Å². The van der Waals surface area contributed by atoms with Crippen molar-refractivity contribution in [2.45, 2.75) is 0 Å². The van der Waals surface area contributed by atoms with Crippen LogP contribution in [-0.4, -0.2) is 56.3 Å². The zero-order chi connectivity index (χ0) is 13.4. The maximum absolute atomic E-state index is 5.13. The Morgan fingerprint density at radius 1 is 1.11 bits per heavy atom. The fourth-order valence-corrected chi connectivity index (χ4v) is 1.79. The minimum absolute atomic E-state index is 0.480. The summed E-state index contributed by atoms with van der Waals surface area (Å²) in [4.78, 5) is 10.6. The van der Waals surface area contributed by atoms with Gasteiger partial charge in [-0.05, 0) is 0 Å². The molecule has 0 N–H and O–H groups in total. The minimum atomic E-state index is 0.480. The van der Waals surface area contributed by atoms with E-state index in [0.29, 0.717) is 30.9 Å². The highest BCUT2D eigenvalue weighted by Gasteiger charge is 2.12. The van der Waals surface area contributed by atoms with Crippen LogP contribution in [0.4, 0.5) is 5.95 Å². The highest BCUT2D eigenvalue weighted by Crippen LogP contribution is 2.20. The van der Waals surface area contributed by atoms with Crippen LogP contribution >= 0.6 is 15.9 Å². The zero-order valence-electron chi connectivity index (χ0n) is 10.9. The third-order valence-corrected chi connectivity index (χ3v) is 2.64. The van der Waals surface area contributed by atoms with Crippen molar-refractivity contribution in [2.75, 3.05) is 51.3 Å². The Hall–Kier alpha value is -1.08. The summed E-state index contributed by atoms with van der Waals surface area (Å²) in [6.45, 7) is 2.09. The highest BCUT2D eigenvalue weighted by molar-refractivity contribution is 9.09. The first-order valence-corrected chi connectivity index (χ1v) is 6.64. The fourth-order valence-electron chi connectivity index (χ4n) is 1.36. The molecule has 6 nitrogen and oxygen atoms in total. The van der Waals surface area contributed by atoms with Crippen LogP contribution in [0.15, 0.2) is 6.07 Å². The lowest BCUT2D eigenvalue weighted by Gasteiger charge is -2.21. The number of anilines is 1. The molecule has 1 aromatic heterocycles. The van der Waals surface area contributed by atoms with E-state index >= 15 is 0 Å². The van der Waals surface area contributed by atoms with E-state index in [1.54, 1.807) is 27.4 Å². The lowest BCUT2D eigenvalue weighted by Crippen LogP contribution is -2.30.